The molecule has 0 radical (unpaired) electrons. The molecule has 0 unspecified atom stereocenters. The Morgan fingerprint density at radius 1 is 1.12 bits per heavy atom. The molecule has 0 bridgehead atoms. The minimum absolute atomic E-state index is 0.0502. The van der Waals surface area contributed by atoms with Gasteiger partial charge in [-0.25, -0.2) is 0 Å². The molecule has 26 heavy (non-hydrogen) atoms. The second kappa shape index (κ2) is 6.20. The molecule has 0 aliphatic carbocycles. The lowest BCUT2D eigenvalue weighted by Gasteiger charge is -2.03. The molecule has 4 aromatic rings. The van der Waals surface area contributed by atoms with Gasteiger partial charge >= 0.3 is 0 Å². The van der Waals surface area contributed by atoms with Crippen LogP contribution in [0.2, 0.25) is 5.02 Å². The van der Waals surface area contributed by atoms with E-state index in [1.807, 2.05) is 37.3 Å². The van der Waals surface area contributed by atoms with Gasteiger partial charge in [0.2, 0.25) is 5.82 Å². The summed E-state index contributed by atoms with van der Waals surface area (Å²) in [5.74, 6) is 0.567. The number of nitrogens with zero attached hydrogens (tertiary/aromatic N) is 4. The van der Waals surface area contributed by atoms with Crippen molar-refractivity contribution in [2.24, 2.45) is 0 Å². The van der Waals surface area contributed by atoms with Gasteiger partial charge in [0.15, 0.2) is 0 Å². The molecule has 0 aliphatic rings. The number of nitro groups is 1. The van der Waals surface area contributed by atoms with Crippen molar-refractivity contribution in [3.8, 4) is 22.8 Å². The number of aryl methyl sites for hydroxylation is 1. The molecule has 8 heteroatoms. The lowest BCUT2D eigenvalue weighted by atomic mass is 10.1. The summed E-state index contributed by atoms with van der Waals surface area (Å²) in [5.41, 5.74) is 2.65. The van der Waals surface area contributed by atoms with Gasteiger partial charge in [-0.1, -0.05) is 35.0 Å². The van der Waals surface area contributed by atoms with E-state index >= 15 is 0 Å². The first-order valence-corrected chi connectivity index (χ1v) is 8.05. The van der Waals surface area contributed by atoms with Crippen LogP contribution in [0.3, 0.4) is 0 Å². The van der Waals surface area contributed by atoms with E-state index in [-0.39, 0.29) is 16.6 Å². The number of fused-ring (bicyclic) bond motifs is 1. The van der Waals surface area contributed by atoms with E-state index in [9.17, 15) is 10.1 Å². The van der Waals surface area contributed by atoms with E-state index in [0.717, 1.165) is 22.2 Å². The van der Waals surface area contributed by atoms with Crippen LogP contribution in [-0.2, 0) is 0 Å². The molecule has 0 saturated heterocycles. The fourth-order valence-corrected chi connectivity index (χ4v) is 2.92. The van der Waals surface area contributed by atoms with Gasteiger partial charge < -0.3 is 4.52 Å². The first kappa shape index (κ1) is 16.2. The molecule has 4 rings (SSSR count). The summed E-state index contributed by atoms with van der Waals surface area (Å²) in [4.78, 5) is 19.4. The molecule has 0 N–H and O–H groups in total. The average Bonchev–Trinajstić information content (AvgIpc) is 3.11. The Kier molecular flexibility index (Phi) is 3.85. The van der Waals surface area contributed by atoms with Gasteiger partial charge in [0.05, 0.1) is 10.4 Å². The number of hydrogen-bond donors (Lipinski definition) is 0. The first-order valence-electron chi connectivity index (χ1n) is 7.68. The standard InChI is InChI=1S/C18H11ClN4O3/c1-10-8-13(12-4-2-3-5-15(12)20-10)17-21-18(26-22-17)11-6-7-14(19)16(9-11)23(24)25/h2-9H,1H3. The van der Waals surface area contributed by atoms with Gasteiger partial charge in [-0.3, -0.25) is 15.1 Å². The third kappa shape index (κ3) is 2.78. The summed E-state index contributed by atoms with van der Waals surface area (Å²) in [6, 6.07) is 13.9. The number of para-hydroxylation sites is 1. The van der Waals surface area contributed by atoms with Gasteiger partial charge in [0, 0.05) is 28.3 Å². The minimum atomic E-state index is -0.553. The normalized spacial score (nSPS) is 11.0. The predicted molar refractivity (Wildman–Crippen MR) is 96.9 cm³/mol. The van der Waals surface area contributed by atoms with E-state index in [1.165, 1.54) is 12.1 Å². The topological polar surface area (TPSA) is 95.0 Å². The molecule has 2 heterocycles. The van der Waals surface area contributed by atoms with Crippen molar-refractivity contribution < 1.29 is 9.45 Å². The lowest BCUT2D eigenvalue weighted by molar-refractivity contribution is -0.384. The van der Waals surface area contributed by atoms with Gasteiger partial charge in [-0.2, -0.15) is 4.98 Å². The van der Waals surface area contributed by atoms with Crippen LogP contribution >= 0.6 is 11.6 Å². The van der Waals surface area contributed by atoms with Crippen LogP contribution < -0.4 is 0 Å². The predicted octanol–water partition coefficient (Wildman–Crippen LogP) is 4.82. The van der Waals surface area contributed by atoms with Gasteiger partial charge in [0.25, 0.3) is 11.6 Å². The molecular formula is C18H11ClN4O3. The van der Waals surface area contributed by atoms with Crippen molar-refractivity contribution in [1.82, 2.24) is 15.1 Å². The molecule has 0 aliphatic heterocycles. The summed E-state index contributed by atoms with van der Waals surface area (Å²) < 4.78 is 5.32. The Morgan fingerprint density at radius 2 is 1.92 bits per heavy atom. The summed E-state index contributed by atoms with van der Waals surface area (Å²) in [7, 11) is 0. The third-order valence-corrected chi connectivity index (χ3v) is 4.22. The third-order valence-electron chi connectivity index (χ3n) is 3.90. The van der Waals surface area contributed by atoms with Crippen LogP contribution in [-0.4, -0.2) is 20.0 Å². The molecule has 0 atom stereocenters. The maximum Gasteiger partial charge on any atom is 0.288 e. The summed E-state index contributed by atoms with van der Waals surface area (Å²) in [6.45, 7) is 1.89. The van der Waals surface area contributed by atoms with Crippen LogP contribution in [0.25, 0.3) is 33.7 Å². The Hall–Kier alpha value is -3.32. The zero-order valence-electron chi connectivity index (χ0n) is 13.5. The van der Waals surface area contributed by atoms with Gasteiger partial charge in [-0.15, -0.1) is 0 Å². The van der Waals surface area contributed by atoms with Gasteiger partial charge in [0.1, 0.15) is 5.02 Å². The van der Waals surface area contributed by atoms with Crippen LogP contribution in [0, 0.1) is 17.0 Å². The number of halogens is 1. The molecule has 0 saturated carbocycles. The highest BCUT2D eigenvalue weighted by Crippen LogP contribution is 2.32. The van der Waals surface area contributed by atoms with Crippen molar-refractivity contribution in [3.05, 3.63) is 69.4 Å². The Bertz CT molecular complexity index is 1160. The average molecular weight is 367 g/mol. The number of nitro benzene ring substituents is 1. The summed E-state index contributed by atoms with van der Waals surface area (Å²) >= 11 is 5.85. The maximum absolute atomic E-state index is 11.1. The van der Waals surface area contributed by atoms with E-state index in [4.69, 9.17) is 16.1 Å². The Balaban J connectivity index is 1.83. The van der Waals surface area contributed by atoms with Crippen LogP contribution in [0.1, 0.15) is 5.69 Å². The molecule has 7 nitrogen and oxygen atoms in total. The SMILES string of the molecule is Cc1cc(-c2noc(-c3ccc(Cl)c([N+](=O)[O-])c3)n2)c2ccccc2n1. The molecule has 0 spiro atoms. The quantitative estimate of drug-likeness (QED) is 0.381. The first-order chi connectivity index (χ1) is 12.5. The number of aromatic nitrogens is 3. The summed E-state index contributed by atoms with van der Waals surface area (Å²) in [5, 5.41) is 16.0. The van der Waals surface area contributed by atoms with Crippen molar-refractivity contribution in [2.75, 3.05) is 0 Å². The highest BCUT2D eigenvalue weighted by atomic mass is 35.5. The van der Waals surface area contributed by atoms with E-state index in [1.54, 1.807) is 6.07 Å². The second-order valence-electron chi connectivity index (χ2n) is 5.67. The van der Waals surface area contributed by atoms with Gasteiger partial charge in [-0.05, 0) is 31.2 Å². The van der Waals surface area contributed by atoms with Crippen LogP contribution in [0.5, 0.6) is 0 Å². The zero-order chi connectivity index (χ0) is 18.3. The Labute approximate surface area is 152 Å². The van der Waals surface area contributed by atoms with Crippen molar-refractivity contribution in [3.63, 3.8) is 0 Å². The fourth-order valence-electron chi connectivity index (χ4n) is 2.73. The van der Waals surface area contributed by atoms with E-state index in [2.05, 4.69) is 15.1 Å². The Morgan fingerprint density at radius 3 is 2.73 bits per heavy atom. The number of hydrogen-bond acceptors (Lipinski definition) is 6. The van der Waals surface area contributed by atoms with Crippen molar-refractivity contribution in [1.29, 1.82) is 0 Å². The maximum atomic E-state index is 11.1. The van der Waals surface area contributed by atoms with Crippen LogP contribution in [0.4, 0.5) is 5.69 Å². The largest absolute Gasteiger partial charge is 0.334 e. The van der Waals surface area contributed by atoms with Crippen LogP contribution in [0.15, 0.2) is 53.1 Å². The molecule has 128 valence electrons. The lowest BCUT2D eigenvalue weighted by Crippen LogP contribution is -1.91. The number of rotatable bonds is 3. The molecular weight excluding hydrogens is 356 g/mol. The zero-order valence-corrected chi connectivity index (χ0v) is 14.3. The monoisotopic (exact) mass is 366 g/mol. The number of pyridine rings is 1. The highest BCUT2D eigenvalue weighted by molar-refractivity contribution is 6.32. The number of benzene rings is 2. The van der Waals surface area contributed by atoms with Crippen molar-refractivity contribution in [2.45, 2.75) is 6.92 Å². The molecule has 2 aromatic carbocycles. The summed E-state index contributed by atoms with van der Waals surface area (Å²) in [6.07, 6.45) is 0. The van der Waals surface area contributed by atoms with E-state index < -0.39 is 4.92 Å². The highest BCUT2D eigenvalue weighted by Gasteiger charge is 2.18. The van der Waals surface area contributed by atoms with E-state index in [0.29, 0.717) is 11.4 Å². The molecule has 0 amide bonds. The minimum Gasteiger partial charge on any atom is -0.334 e. The fraction of sp³-hybridized carbons (Fsp3) is 0.0556. The molecule has 0 fully saturated rings. The van der Waals surface area contributed by atoms with Crippen molar-refractivity contribution >= 4 is 28.2 Å². The second-order valence-corrected chi connectivity index (χ2v) is 6.08. The smallest absolute Gasteiger partial charge is 0.288 e. The molecule has 2 aromatic heterocycles.